The van der Waals surface area contributed by atoms with Gasteiger partial charge in [0.25, 0.3) is 0 Å². The van der Waals surface area contributed by atoms with Crippen molar-refractivity contribution in [2.75, 3.05) is 13.7 Å². The van der Waals surface area contributed by atoms with Gasteiger partial charge in [0.05, 0.1) is 7.11 Å². The van der Waals surface area contributed by atoms with Crippen LogP contribution in [0.15, 0.2) is 18.2 Å². The Morgan fingerprint density at radius 3 is 2.79 bits per heavy atom. The molecule has 0 saturated carbocycles. The summed E-state index contributed by atoms with van der Waals surface area (Å²) in [7, 11) is 1.32. The zero-order chi connectivity index (χ0) is 10.6. The molecule has 0 fully saturated rings. The summed E-state index contributed by atoms with van der Waals surface area (Å²) in [6, 6.07) is 4.19. The molecule has 0 heterocycles. The lowest BCUT2D eigenvalue weighted by molar-refractivity contribution is 0.304. The first-order valence-corrected chi connectivity index (χ1v) is 4.37. The van der Waals surface area contributed by atoms with Crippen molar-refractivity contribution in [3.63, 3.8) is 0 Å². The number of para-hydroxylation sites is 1. The van der Waals surface area contributed by atoms with E-state index >= 15 is 0 Å². The summed E-state index contributed by atoms with van der Waals surface area (Å²) in [5.41, 5.74) is 5.44. The summed E-state index contributed by atoms with van der Waals surface area (Å²) >= 11 is 0. The number of halogens is 2. The third kappa shape index (κ3) is 2.20. The van der Waals surface area contributed by atoms with E-state index < -0.39 is 12.0 Å². The molecule has 0 amide bonds. The molecule has 4 heteroatoms. The van der Waals surface area contributed by atoms with Crippen molar-refractivity contribution in [1.82, 2.24) is 0 Å². The van der Waals surface area contributed by atoms with Crippen LogP contribution in [0.5, 0.6) is 5.75 Å². The van der Waals surface area contributed by atoms with Gasteiger partial charge >= 0.3 is 0 Å². The van der Waals surface area contributed by atoms with E-state index in [0.29, 0.717) is 0 Å². The number of benzene rings is 1. The number of hydrogen-bond acceptors (Lipinski definition) is 2. The molecule has 0 spiro atoms. The van der Waals surface area contributed by atoms with E-state index in [4.69, 9.17) is 10.5 Å². The highest BCUT2D eigenvalue weighted by molar-refractivity contribution is 5.36. The summed E-state index contributed by atoms with van der Waals surface area (Å²) in [6.07, 6.45) is -1.11. The van der Waals surface area contributed by atoms with Crippen LogP contribution >= 0.6 is 0 Å². The van der Waals surface area contributed by atoms with E-state index in [1.165, 1.54) is 25.3 Å². The molecular formula is C10H13F2NO. The molecule has 0 saturated heterocycles. The van der Waals surface area contributed by atoms with E-state index in [-0.39, 0.29) is 24.3 Å². The highest BCUT2D eigenvalue weighted by Crippen LogP contribution is 2.31. The van der Waals surface area contributed by atoms with Crippen molar-refractivity contribution in [3.8, 4) is 5.75 Å². The molecule has 1 aromatic rings. The third-order valence-electron chi connectivity index (χ3n) is 1.96. The van der Waals surface area contributed by atoms with Crippen LogP contribution in [-0.2, 0) is 0 Å². The largest absolute Gasteiger partial charge is 0.493 e. The Bertz CT molecular complexity index is 304. The fourth-order valence-corrected chi connectivity index (χ4v) is 1.29. The summed E-state index contributed by atoms with van der Waals surface area (Å²) in [6.45, 7) is 0.223. The Morgan fingerprint density at radius 2 is 2.21 bits per heavy atom. The molecule has 1 atom stereocenters. The molecule has 0 aliphatic carbocycles. The number of rotatable bonds is 4. The van der Waals surface area contributed by atoms with Crippen LogP contribution in [0.3, 0.4) is 0 Å². The summed E-state index contributed by atoms with van der Waals surface area (Å²) in [5, 5.41) is 0. The van der Waals surface area contributed by atoms with Gasteiger partial charge in [0.2, 0.25) is 0 Å². The van der Waals surface area contributed by atoms with Crippen LogP contribution in [0, 0.1) is 5.82 Å². The van der Waals surface area contributed by atoms with Gasteiger partial charge in [-0.05, 0) is 19.0 Å². The highest BCUT2D eigenvalue weighted by Gasteiger charge is 2.16. The van der Waals surface area contributed by atoms with E-state index in [1.807, 2.05) is 0 Å². The van der Waals surface area contributed by atoms with Gasteiger partial charge in [-0.1, -0.05) is 12.1 Å². The number of ether oxygens (including phenoxy) is 1. The molecule has 1 aromatic carbocycles. The highest BCUT2D eigenvalue weighted by atomic mass is 19.1. The first kappa shape index (κ1) is 10.9. The van der Waals surface area contributed by atoms with Gasteiger partial charge in [0, 0.05) is 5.56 Å². The zero-order valence-corrected chi connectivity index (χ0v) is 7.97. The second kappa shape index (κ2) is 4.91. The second-order valence-electron chi connectivity index (χ2n) is 2.91. The van der Waals surface area contributed by atoms with E-state index in [0.717, 1.165) is 0 Å². The normalized spacial score (nSPS) is 12.6. The minimum absolute atomic E-state index is 0.0338. The molecule has 1 rings (SSSR count). The second-order valence-corrected chi connectivity index (χ2v) is 2.91. The van der Waals surface area contributed by atoms with Gasteiger partial charge in [-0.2, -0.15) is 0 Å². The SMILES string of the molecule is COc1c(F)cccc1C(F)CCN. The van der Waals surface area contributed by atoms with Crippen LogP contribution < -0.4 is 10.5 Å². The van der Waals surface area contributed by atoms with Crippen molar-refractivity contribution in [3.05, 3.63) is 29.6 Å². The molecule has 0 aromatic heterocycles. The van der Waals surface area contributed by atoms with Crippen molar-refractivity contribution < 1.29 is 13.5 Å². The van der Waals surface area contributed by atoms with Crippen molar-refractivity contribution >= 4 is 0 Å². The van der Waals surface area contributed by atoms with Crippen molar-refractivity contribution in [1.29, 1.82) is 0 Å². The molecule has 14 heavy (non-hydrogen) atoms. The maximum atomic E-state index is 13.4. The molecule has 0 aliphatic rings. The predicted molar refractivity (Wildman–Crippen MR) is 50.5 cm³/mol. The Balaban J connectivity index is 3.00. The number of nitrogens with two attached hydrogens (primary N) is 1. The molecule has 0 radical (unpaired) electrons. The number of alkyl halides is 1. The summed E-state index contributed by atoms with van der Waals surface area (Å²) in [5.74, 6) is -0.585. The monoisotopic (exact) mass is 201 g/mol. The van der Waals surface area contributed by atoms with Crippen LogP contribution in [0.4, 0.5) is 8.78 Å². The average molecular weight is 201 g/mol. The third-order valence-corrected chi connectivity index (χ3v) is 1.96. The minimum Gasteiger partial charge on any atom is -0.493 e. The Labute approximate surface area is 81.7 Å². The Morgan fingerprint density at radius 1 is 1.50 bits per heavy atom. The van der Waals surface area contributed by atoms with E-state index in [1.54, 1.807) is 0 Å². The molecule has 1 unspecified atom stereocenters. The van der Waals surface area contributed by atoms with Crippen molar-refractivity contribution in [2.24, 2.45) is 5.73 Å². The summed E-state index contributed by atoms with van der Waals surface area (Å²) in [4.78, 5) is 0. The maximum Gasteiger partial charge on any atom is 0.165 e. The lowest BCUT2D eigenvalue weighted by atomic mass is 10.1. The molecule has 2 nitrogen and oxygen atoms in total. The van der Waals surface area contributed by atoms with Gasteiger partial charge < -0.3 is 10.5 Å². The lowest BCUT2D eigenvalue weighted by Gasteiger charge is -2.12. The Hall–Kier alpha value is -1.16. The van der Waals surface area contributed by atoms with Crippen LogP contribution in [0.25, 0.3) is 0 Å². The van der Waals surface area contributed by atoms with Crippen LogP contribution in [0.1, 0.15) is 18.2 Å². The fraction of sp³-hybridized carbons (Fsp3) is 0.400. The van der Waals surface area contributed by atoms with Crippen molar-refractivity contribution in [2.45, 2.75) is 12.6 Å². The van der Waals surface area contributed by atoms with Gasteiger partial charge in [-0.3, -0.25) is 0 Å². The molecule has 78 valence electrons. The molecular weight excluding hydrogens is 188 g/mol. The standard InChI is InChI=1S/C10H13F2NO/c1-14-10-7(8(11)5-6-13)3-2-4-9(10)12/h2-4,8H,5-6,13H2,1H3. The molecule has 0 bridgehead atoms. The quantitative estimate of drug-likeness (QED) is 0.810. The van der Waals surface area contributed by atoms with Crippen LogP contribution in [-0.4, -0.2) is 13.7 Å². The van der Waals surface area contributed by atoms with Gasteiger partial charge in [0.15, 0.2) is 11.6 Å². The zero-order valence-electron chi connectivity index (χ0n) is 7.97. The first-order valence-electron chi connectivity index (χ1n) is 4.37. The number of hydrogen-bond donors (Lipinski definition) is 1. The van der Waals surface area contributed by atoms with E-state index in [9.17, 15) is 8.78 Å². The first-order chi connectivity index (χ1) is 6.70. The maximum absolute atomic E-state index is 13.4. The number of methoxy groups -OCH3 is 1. The minimum atomic E-state index is -1.27. The van der Waals surface area contributed by atoms with Gasteiger partial charge in [0.1, 0.15) is 6.17 Å². The van der Waals surface area contributed by atoms with Crippen LogP contribution in [0.2, 0.25) is 0 Å². The lowest BCUT2D eigenvalue weighted by Crippen LogP contribution is -2.05. The predicted octanol–water partition coefficient (Wildman–Crippen LogP) is 2.19. The summed E-state index contributed by atoms with van der Waals surface area (Å²) < 4.78 is 31.4. The van der Waals surface area contributed by atoms with E-state index in [2.05, 4.69) is 0 Å². The topological polar surface area (TPSA) is 35.2 Å². The molecule has 2 N–H and O–H groups in total. The van der Waals surface area contributed by atoms with Gasteiger partial charge in [-0.25, -0.2) is 8.78 Å². The average Bonchev–Trinajstić information content (AvgIpc) is 2.17. The molecule has 0 aliphatic heterocycles. The Kier molecular flexibility index (Phi) is 3.83. The van der Waals surface area contributed by atoms with Gasteiger partial charge in [-0.15, -0.1) is 0 Å². The fourth-order valence-electron chi connectivity index (χ4n) is 1.29. The smallest absolute Gasteiger partial charge is 0.165 e.